The van der Waals surface area contributed by atoms with Crippen LogP contribution in [0.3, 0.4) is 0 Å². The summed E-state index contributed by atoms with van der Waals surface area (Å²) in [4.78, 5) is 17.4. The van der Waals surface area contributed by atoms with Crippen molar-refractivity contribution in [3.8, 4) is 0 Å². The maximum absolute atomic E-state index is 10.7. The van der Waals surface area contributed by atoms with Gasteiger partial charge in [-0.1, -0.05) is 20.3 Å². The second-order valence-electron chi connectivity index (χ2n) is 4.94. The highest BCUT2D eigenvalue weighted by Gasteiger charge is 2.15. The van der Waals surface area contributed by atoms with Crippen LogP contribution in [0.4, 0.5) is 0 Å². The number of fused-ring (bicyclic) bond motifs is 1. The predicted molar refractivity (Wildman–Crippen MR) is 75.5 cm³/mol. The molecule has 21 heavy (non-hydrogen) atoms. The van der Waals surface area contributed by atoms with Gasteiger partial charge in [-0.05, 0) is 24.5 Å². The molecule has 116 valence electrons. The maximum Gasteiger partial charge on any atom is 0.471 e. The van der Waals surface area contributed by atoms with E-state index in [0.29, 0.717) is 11.4 Å². The highest BCUT2D eigenvalue weighted by Crippen LogP contribution is 2.35. The lowest BCUT2D eigenvalue weighted by molar-refractivity contribution is 0.149. The molecule has 0 saturated heterocycles. The van der Waals surface area contributed by atoms with Crippen molar-refractivity contribution < 1.29 is 18.9 Å². The molecule has 0 amide bonds. The Balaban J connectivity index is 2.36. The Bertz CT molecular complexity index is 732. The number of phosphoric ester groups is 1. The van der Waals surface area contributed by atoms with Crippen molar-refractivity contribution in [2.45, 2.75) is 39.3 Å². The van der Waals surface area contributed by atoms with Crippen molar-refractivity contribution in [1.82, 2.24) is 14.2 Å². The topological polar surface area (TPSA) is 113 Å². The molecule has 2 heterocycles. The van der Waals surface area contributed by atoms with Crippen LogP contribution in [-0.4, -0.2) is 24.0 Å². The van der Waals surface area contributed by atoms with E-state index in [4.69, 9.17) is 15.2 Å². The van der Waals surface area contributed by atoms with Gasteiger partial charge >= 0.3 is 7.82 Å². The van der Waals surface area contributed by atoms with Crippen LogP contribution in [0.1, 0.15) is 38.3 Å². The van der Waals surface area contributed by atoms with Crippen molar-refractivity contribution in [1.29, 1.82) is 5.41 Å². The number of rotatable bonds is 6. The van der Waals surface area contributed by atoms with Crippen LogP contribution in [0.5, 0.6) is 0 Å². The van der Waals surface area contributed by atoms with Crippen LogP contribution in [0.15, 0.2) is 18.5 Å². The average molecular weight is 314 g/mol. The monoisotopic (exact) mass is 314 g/mol. The van der Waals surface area contributed by atoms with E-state index in [9.17, 15) is 4.57 Å². The lowest BCUT2D eigenvalue weighted by atomic mass is 10.0. The fourth-order valence-corrected chi connectivity index (χ4v) is 2.54. The molecule has 3 N–H and O–H groups in total. The van der Waals surface area contributed by atoms with Crippen LogP contribution in [0.25, 0.3) is 5.52 Å². The molecule has 2 rings (SSSR count). The van der Waals surface area contributed by atoms with Gasteiger partial charge in [0, 0.05) is 5.69 Å². The molecule has 0 aliphatic rings. The van der Waals surface area contributed by atoms with Crippen molar-refractivity contribution >= 4 is 13.3 Å². The Morgan fingerprint density at radius 3 is 2.81 bits per heavy atom. The Kier molecular flexibility index (Phi) is 4.63. The van der Waals surface area contributed by atoms with Crippen molar-refractivity contribution in [2.24, 2.45) is 0 Å². The molecular weight excluding hydrogens is 295 g/mol. The Morgan fingerprint density at radius 2 is 2.19 bits per heavy atom. The zero-order valence-corrected chi connectivity index (χ0v) is 12.8. The van der Waals surface area contributed by atoms with Gasteiger partial charge in [0.2, 0.25) is 0 Å². The fourth-order valence-electron chi connectivity index (χ4n) is 2.26. The zero-order valence-electron chi connectivity index (χ0n) is 11.9. The molecule has 0 radical (unpaired) electrons. The van der Waals surface area contributed by atoms with Gasteiger partial charge in [0.15, 0.2) is 5.49 Å². The predicted octanol–water partition coefficient (Wildman–Crippen LogP) is 1.59. The molecular formula is C12H19N4O4P. The smallest absolute Gasteiger partial charge is 0.303 e. The van der Waals surface area contributed by atoms with Gasteiger partial charge in [-0.3, -0.25) is 14.5 Å². The molecule has 0 saturated carbocycles. The van der Waals surface area contributed by atoms with E-state index in [-0.39, 0.29) is 5.49 Å². The van der Waals surface area contributed by atoms with E-state index in [1.54, 1.807) is 10.6 Å². The van der Waals surface area contributed by atoms with Crippen LogP contribution >= 0.6 is 7.82 Å². The van der Waals surface area contributed by atoms with E-state index >= 15 is 0 Å². The zero-order chi connectivity index (χ0) is 15.6. The Morgan fingerprint density at radius 1 is 1.48 bits per heavy atom. The van der Waals surface area contributed by atoms with Crippen LogP contribution in [0.2, 0.25) is 0 Å². The van der Waals surface area contributed by atoms with Gasteiger partial charge < -0.3 is 9.79 Å². The van der Waals surface area contributed by atoms with Gasteiger partial charge in [-0.25, -0.2) is 9.08 Å². The molecule has 0 aromatic carbocycles. The average Bonchev–Trinajstić information content (AvgIpc) is 2.82. The first-order chi connectivity index (χ1) is 9.83. The minimum Gasteiger partial charge on any atom is -0.303 e. The molecule has 0 fully saturated rings. The SMILES string of the molecule is CCC[C@H](C)c1ccc2c(=N)n(COP(=O)(O)O)cnn12. The standard InChI is InChI=1S/C12H19N4O4P/c1-3-4-9(2)10-5-6-11-12(13)15(7-14-16(10)11)8-20-21(17,18)19/h5-7,9,13H,3-4,8H2,1-2H3,(H2,17,18,19)/t9-/m0/s1. The molecule has 1 atom stereocenters. The first-order valence-electron chi connectivity index (χ1n) is 6.65. The summed E-state index contributed by atoms with van der Waals surface area (Å²) in [5, 5.41) is 12.3. The van der Waals surface area contributed by atoms with Gasteiger partial charge in [-0.2, -0.15) is 5.10 Å². The number of hydrogen-bond acceptors (Lipinski definition) is 4. The second kappa shape index (κ2) is 6.11. The summed E-state index contributed by atoms with van der Waals surface area (Å²) in [7, 11) is -4.57. The molecule has 0 bridgehead atoms. The van der Waals surface area contributed by atoms with E-state index in [0.717, 1.165) is 18.5 Å². The van der Waals surface area contributed by atoms with E-state index in [1.165, 1.54) is 10.9 Å². The third kappa shape index (κ3) is 3.59. The normalized spacial score (nSPS) is 13.7. The summed E-state index contributed by atoms with van der Waals surface area (Å²) in [5.74, 6) is 0.326. The minimum atomic E-state index is -4.57. The first kappa shape index (κ1) is 15.9. The third-order valence-electron chi connectivity index (χ3n) is 3.31. The summed E-state index contributed by atoms with van der Waals surface area (Å²) in [6, 6.07) is 3.71. The molecule has 0 unspecified atom stereocenters. The molecule has 8 nitrogen and oxygen atoms in total. The van der Waals surface area contributed by atoms with Crippen molar-refractivity contribution in [2.75, 3.05) is 0 Å². The summed E-state index contributed by atoms with van der Waals surface area (Å²) >= 11 is 0. The van der Waals surface area contributed by atoms with Crippen molar-refractivity contribution in [3.63, 3.8) is 0 Å². The highest BCUT2D eigenvalue weighted by atomic mass is 31.2. The lowest BCUT2D eigenvalue weighted by Crippen LogP contribution is -2.24. The summed E-state index contributed by atoms with van der Waals surface area (Å²) in [6.45, 7) is 3.80. The molecule has 2 aromatic heterocycles. The number of nitrogens with zero attached hydrogens (tertiary/aromatic N) is 3. The largest absolute Gasteiger partial charge is 0.471 e. The molecule has 0 spiro atoms. The van der Waals surface area contributed by atoms with Gasteiger partial charge in [0.25, 0.3) is 0 Å². The third-order valence-corrected chi connectivity index (χ3v) is 3.76. The molecule has 0 aliphatic carbocycles. The van der Waals surface area contributed by atoms with Crippen LogP contribution < -0.4 is 5.49 Å². The Hall–Kier alpha value is -1.47. The van der Waals surface area contributed by atoms with Crippen LogP contribution in [-0.2, 0) is 15.8 Å². The first-order valence-corrected chi connectivity index (χ1v) is 8.18. The van der Waals surface area contributed by atoms with E-state index in [2.05, 4.69) is 23.5 Å². The summed E-state index contributed by atoms with van der Waals surface area (Å²) in [5.41, 5.74) is 1.68. The minimum absolute atomic E-state index is 0.0911. The van der Waals surface area contributed by atoms with Crippen molar-refractivity contribution in [3.05, 3.63) is 29.6 Å². The van der Waals surface area contributed by atoms with Crippen LogP contribution in [0, 0.1) is 5.41 Å². The summed E-state index contributed by atoms with van der Waals surface area (Å²) in [6.07, 6.45) is 3.43. The van der Waals surface area contributed by atoms with Gasteiger partial charge in [0.05, 0.1) is 0 Å². The number of nitrogens with one attached hydrogen (secondary N) is 1. The van der Waals surface area contributed by atoms with Gasteiger partial charge in [0.1, 0.15) is 18.6 Å². The van der Waals surface area contributed by atoms with Gasteiger partial charge in [-0.15, -0.1) is 0 Å². The second-order valence-corrected chi connectivity index (χ2v) is 6.18. The number of phosphoric acid groups is 1. The highest BCUT2D eigenvalue weighted by molar-refractivity contribution is 7.46. The Labute approximate surface area is 121 Å². The number of hydrogen-bond donors (Lipinski definition) is 3. The molecule has 2 aromatic rings. The number of aromatic nitrogens is 3. The maximum atomic E-state index is 10.7. The quantitative estimate of drug-likeness (QED) is 0.701. The van der Waals surface area contributed by atoms with E-state index in [1.807, 2.05) is 6.07 Å². The molecule has 0 aliphatic heterocycles. The summed E-state index contributed by atoms with van der Waals surface area (Å²) < 4.78 is 18.0. The fraction of sp³-hybridized carbons (Fsp3) is 0.500. The van der Waals surface area contributed by atoms with E-state index < -0.39 is 14.6 Å². The molecule has 9 heteroatoms. The lowest BCUT2D eigenvalue weighted by Gasteiger charge is -2.12.